The molecule has 11 heteroatoms. The average molecular weight is 635 g/mol. The van der Waals surface area contributed by atoms with Crippen molar-refractivity contribution in [3.63, 3.8) is 0 Å². The first-order valence-corrected chi connectivity index (χ1v) is 15.6. The van der Waals surface area contributed by atoms with E-state index in [1.165, 1.54) is 15.4 Å². The summed E-state index contributed by atoms with van der Waals surface area (Å²) in [5.41, 5.74) is 1.83. The standard InChI is InChI=1S/C33H35ClN4O5S/c1-24-8-16-29(17-9-24)44(40,41)38(31-19-13-27(34)22-36-31)20-6-7-25-12-18-30(35-21-25)37(32(39)43-33(2,3)4)23-26-10-14-28(42-5)15-11-26/h6-19,21-22H,20,23H2,1-5H3/b7-6+. The molecule has 0 atom stereocenters. The quantitative estimate of drug-likeness (QED) is 0.180. The van der Waals surface area contributed by atoms with E-state index in [2.05, 4.69) is 9.97 Å². The Kier molecular flexibility index (Phi) is 10.3. The summed E-state index contributed by atoms with van der Waals surface area (Å²) in [4.78, 5) is 23.5. The number of carbonyl (C=O) groups excluding carboxylic acids is 1. The van der Waals surface area contributed by atoms with Crippen LogP contribution in [-0.2, 0) is 21.3 Å². The number of aryl methyl sites for hydroxylation is 1. The summed E-state index contributed by atoms with van der Waals surface area (Å²) >= 11 is 6.00. The minimum absolute atomic E-state index is 0.00803. The van der Waals surface area contributed by atoms with Crippen LogP contribution >= 0.6 is 11.6 Å². The molecule has 0 saturated heterocycles. The number of halogens is 1. The SMILES string of the molecule is COc1ccc(CN(C(=O)OC(C)(C)C)c2ccc(/C=C/CN(c3ccc(Cl)cn3)S(=O)(=O)c3ccc(C)cc3)cn2)cc1. The normalized spacial score (nSPS) is 11.8. The third-order valence-corrected chi connectivity index (χ3v) is 8.33. The number of ether oxygens (including phenoxy) is 2. The number of amides is 1. The molecule has 0 bridgehead atoms. The first-order valence-electron chi connectivity index (χ1n) is 13.8. The molecule has 1 amide bonds. The summed E-state index contributed by atoms with van der Waals surface area (Å²) in [5.74, 6) is 1.35. The lowest BCUT2D eigenvalue weighted by molar-refractivity contribution is 0.0576. The van der Waals surface area contributed by atoms with Gasteiger partial charge in [-0.25, -0.2) is 27.5 Å². The Morgan fingerprint density at radius 3 is 2.14 bits per heavy atom. The highest BCUT2D eigenvalue weighted by Gasteiger charge is 2.26. The number of hydrogen-bond acceptors (Lipinski definition) is 7. The van der Waals surface area contributed by atoms with Crippen molar-refractivity contribution in [1.29, 1.82) is 0 Å². The number of anilines is 2. The highest BCUT2D eigenvalue weighted by molar-refractivity contribution is 7.92. The highest BCUT2D eigenvalue weighted by atomic mass is 35.5. The third-order valence-electron chi connectivity index (χ3n) is 6.32. The van der Waals surface area contributed by atoms with Crippen LogP contribution in [0.15, 0.2) is 96.2 Å². The smallest absolute Gasteiger partial charge is 0.416 e. The summed E-state index contributed by atoms with van der Waals surface area (Å²) in [6.07, 6.45) is 5.95. The van der Waals surface area contributed by atoms with Gasteiger partial charge in [0.05, 0.1) is 30.1 Å². The number of aromatic nitrogens is 2. The molecule has 0 spiro atoms. The molecule has 0 saturated carbocycles. The van der Waals surface area contributed by atoms with Crippen LogP contribution in [0.5, 0.6) is 5.75 Å². The molecule has 0 unspecified atom stereocenters. The van der Waals surface area contributed by atoms with Gasteiger partial charge in [-0.2, -0.15) is 0 Å². The lowest BCUT2D eigenvalue weighted by atomic mass is 10.2. The van der Waals surface area contributed by atoms with E-state index in [0.29, 0.717) is 22.2 Å². The van der Waals surface area contributed by atoms with Gasteiger partial charge in [0.25, 0.3) is 10.0 Å². The molecule has 0 fully saturated rings. The minimum atomic E-state index is -3.92. The van der Waals surface area contributed by atoms with E-state index in [4.69, 9.17) is 21.1 Å². The fourth-order valence-corrected chi connectivity index (χ4v) is 5.56. The fourth-order valence-electron chi connectivity index (χ4n) is 4.08. The third kappa shape index (κ3) is 8.58. The first-order chi connectivity index (χ1) is 20.9. The molecule has 2 aromatic carbocycles. The number of nitrogens with zero attached hydrogens (tertiary/aromatic N) is 4. The Labute approximate surface area is 263 Å². The van der Waals surface area contributed by atoms with Crippen LogP contribution in [-0.4, -0.2) is 43.7 Å². The van der Waals surface area contributed by atoms with E-state index in [1.807, 2.05) is 31.2 Å². The summed E-state index contributed by atoms with van der Waals surface area (Å²) in [6, 6.07) is 20.7. The number of benzene rings is 2. The Bertz CT molecular complexity index is 1690. The first kappa shape index (κ1) is 32.5. The van der Waals surface area contributed by atoms with Crippen LogP contribution in [0.25, 0.3) is 6.08 Å². The molecule has 0 aliphatic carbocycles. The van der Waals surface area contributed by atoms with Crippen molar-refractivity contribution in [3.8, 4) is 5.75 Å². The van der Waals surface area contributed by atoms with Crippen LogP contribution in [0.1, 0.15) is 37.5 Å². The maximum absolute atomic E-state index is 13.6. The molecule has 0 N–H and O–H groups in total. The molecule has 4 aromatic rings. The fraction of sp³-hybridized carbons (Fsp3) is 0.242. The second-order valence-corrected chi connectivity index (χ2v) is 13.2. The van der Waals surface area contributed by atoms with Crippen molar-refractivity contribution in [1.82, 2.24) is 9.97 Å². The number of carbonyl (C=O) groups is 1. The van der Waals surface area contributed by atoms with Crippen LogP contribution in [0.2, 0.25) is 5.02 Å². The van der Waals surface area contributed by atoms with E-state index >= 15 is 0 Å². The van der Waals surface area contributed by atoms with Gasteiger partial charge in [0.2, 0.25) is 0 Å². The number of hydrogen-bond donors (Lipinski definition) is 0. The molecular formula is C33H35ClN4O5S. The molecule has 2 heterocycles. The van der Waals surface area contributed by atoms with Gasteiger partial charge in [-0.15, -0.1) is 0 Å². The summed E-state index contributed by atoms with van der Waals surface area (Å²) in [5, 5.41) is 0.399. The summed E-state index contributed by atoms with van der Waals surface area (Å²) < 4.78 is 39.3. The van der Waals surface area contributed by atoms with Crippen LogP contribution in [0.3, 0.4) is 0 Å². The van der Waals surface area contributed by atoms with Gasteiger partial charge in [0.15, 0.2) is 0 Å². The molecule has 44 heavy (non-hydrogen) atoms. The van der Waals surface area contributed by atoms with Crippen molar-refractivity contribution >= 4 is 45.4 Å². The molecule has 0 radical (unpaired) electrons. The Balaban J connectivity index is 1.56. The Morgan fingerprint density at radius 1 is 0.909 bits per heavy atom. The van der Waals surface area contributed by atoms with Crippen molar-refractivity contribution in [2.24, 2.45) is 0 Å². The van der Waals surface area contributed by atoms with Crippen molar-refractivity contribution in [3.05, 3.63) is 113 Å². The Hall–Kier alpha value is -4.41. The molecule has 230 valence electrons. The minimum Gasteiger partial charge on any atom is -0.497 e. The lowest BCUT2D eigenvalue weighted by Crippen LogP contribution is -2.37. The van der Waals surface area contributed by atoms with Crippen LogP contribution in [0.4, 0.5) is 16.4 Å². The number of pyridine rings is 2. The lowest BCUT2D eigenvalue weighted by Gasteiger charge is -2.27. The van der Waals surface area contributed by atoms with E-state index in [-0.39, 0.29) is 23.8 Å². The van der Waals surface area contributed by atoms with Gasteiger partial charge in [-0.3, -0.25) is 4.90 Å². The van der Waals surface area contributed by atoms with Gasteiger partial charge in [-0.05, 0) is 87.4 Å². The zero-order valence-corrected chi connectivity index (χ0v) is 26.8. The molecular weight excluding hydrogens is 600 g/mol. The largest absolute Gasteiger partial charge is 0.497 e. The van der Waals surface area contributed by atoms with Gasteiger partial charge < -0.3 is 9.47 Å². The van der Waals surface area contributed by atoms with Crippen LogP contribution in [0, 0.1) is 6.92 Å². The van der Waals surface area contributed by atoms with Crippen molar-refractivity contribution in [2.45, 2.75) is 44.7 Å². The van der Waals surface area contributed by atoms with E-state index in [1.54, 1.807) is 94.8 Å². The van der Waals surface area contributed by atoms with E-state index in [9.17, 15) is 13.2 Å². The molecule has 0 aliphatic heterocycles. The maximum atomic E-state index is 13.6. The predicted molar refractivity (Wildman–Crippen MR) is 174 cm³/mol. The van der Waals surface area contributed by atoms with Gasteiger partial charge in [-0.1, -0.05) is 53.6 Å². The molecule has 4 rings (SSSR count). The zero-order chi connectivity index (χ0) is 31.9. The van der Waals surface area contributed by atoms with E-state index in [0.717, 1.165) is 11.1 Å². The molecule has 9 nitrogen and oxygen atoms in total. The summed E-state index contributed by atoms with van der Waals surface area (Å²) in [7, 11) is -2.33. The van der Waals surface area contributed by atoms with Crippen molar-refractivity contribution < 1.29 is 22.7 Å². The van der Waals surface area contributed by atoms with Crippen LogP contribution < -0.4 is 13.9 Å². The highest BCUT2D eigenvalue weighted by Crippen LogP contribution is 2.25. The van der Waals surface area contributed by atoms with Crippen molar-refractivity contribution in [2.75, 3.05) is 22.9 Å². The predicted octanol–water partition coefficient (Wildman–Crippen LogP) is 7.30. The zero-order valence-electron chi connectivity index (χ0n) is 25.3. The average Bonchev–Trinajstić information content (AvgIpc) is 2.98. The van der Waals surface area contributed by atoms with E-state index < -0.39 is 21.7 Å². The molecule has 0 aliphatic rings. The summed E-state index contributed by atoms with van der Waals surface area (Å²) in [6.45, 7) is 7.55. The Morgan fingerprint density at radius 2 is 1.57 bits per heavy atom. The number of methoxy groups -OCH3 is 1. The molecule has 2 aromatic heterocycles. The second-order valence-electron chi connectivity index (χ2n) is 11.0. The number of rotatable bonds is 10. The monoisotopic (exact) mass is 634 g/mol. The van der Waals surface area contributed by atoms with Gasteiger partial charge >= 0.3 is 6.09 Å². The van der Waals surface area contributed by atoms with Gasteiger partial charge in [0, 0.05) is 12.4 Å². The van der Waals surface area contributed by atoms with Gasteiger partial charge in [0.1, 0.15) is 23.0 Å². The maximum Gasteiger partial charge on any atom is 0.416 e. The topological polar surface area (TPSA) is 102 Å². The number of sulfonamides is 1. The second kappa shape index (κ2) is 13.9.